The van der Waals surface area contributed by atoms with Gasteiger partial charge in [-0.15, -0.1) is 0 Å². The lowest BCUT2D eigenvalue weighted by atomic mass is 10.2. The third-order valence-corrected chi connectivity index (χ3v) is 4.93. The summed E-state index contributed by atoms with van der Waals surface area (Å²) in [6, 6.07) is 8.58. The highest BCUT2D eigenvalue weighted by Crippen LogP contribution is 2.32. The fourth-order valence-electron chi connectivity index (χ4n) is 2.19. The fraction of sp³-hybridized carbons (Fsp3) is 0.250. The molecule has 0 spiro atoms. The molecule has 0 fully saturated rings. The molecule has 0 saturated heterocycles. The van der Waals surface area contributed by atoms with E-state index in [1.165, 1.54) is 0 Å². The summed E-state index contributed by atoms with van der Waals surface area (Å²) in [7, 11) is -3.45. The zero-order chi connectivity index (χ0) is 13.9. The average Bonchev–Trinajstić information content (AvgIpc) is 2.90. The van der Waals surface area contributed by atoms with Crippen molar-refractivity contribution in [2.45, 2.75) is 31.1 Å². The van der Waals surface area contributed by atoms with Gasteiger partial charge in [-0.1, -0.05) is 36.4 Å². The van der Waals surface area contributed by atoms with Crippen LogP contribution in [0, 0.1) is 0 Å². The predicted octanol–water partition coefficient (Wildman–Crippen LogP) is 4.03. The summed E-state index contributed by atoms with van der Waals surface area (Å²) in [4.78, 5) is 0.749. The Morgan fingerprint density at radius 2 is 1.95 bits per heavy atom. The minimum Gasteiger partial charge on any atom is -0.219 e. The smallest absolute Gasteiger partial charge is 0.206 e. The highest BCUT2D eigenvalue weighted by Gasteiger charge is 2.24. The van der Waals surface area contributed by atoms with Crippen molar-refractivity contribution in [1.29, 1.82) is 0 Å². The van der Waals surface area contributed by atoms with Crippen molar-refractivity contribution in [1.82, 2.24) is 0 Å². The highest BCUT2D eigenvalue weighted by molar-refractivity contribution is 7.95. The molecule has 0 heterocycles. The minimum absolute atomic E-state index is 0.343. The number of hydrogen-bond acceptors (Lipinski definition) is 2. The van der Waals surface area contributed by atoms with E-state index in [2.05, 4.69) is 6.58 Å². The molecule has 2 nitrogen and oxygen atoms in total. The Morgan fingerprint density at radius 1 is 1.26 bits per heavy atom. The second kappa shape index (κ2) is 5.57. The van der Waals surface area contributed by atoms with Gasteiger partial charge >= 0.3 is 0 Å². The van der Waals surface area contributed by atoms with E-state index in [0.717, 1.165) is 30.4 Å². The normalized spacial score (nSPS) is 16.3. The van der Waals surface area contributed by atoms with Crippen LogP contribution in [0.4, 0.5) is 0 Å². The van der Waals surface area contributed by atoms with Gasteiger partial charge in [-0.25, -0.2) is 8.42 Å². The van der Waals surface area contributed by atoms with Crippen LogP contribution < -0.4 is 0 Å². The first kappa shape index (κ1) is 13.8. The van der Waals surface area contributed by atoms with E-state index in [4.69, 9.17) is 0 Å². The monoisotopic (exact) mass is 274 g/mol. The van der Waals surface area contributed by atoms with Gasteiger partial charge < -0.3 is 0 Å². The van der Waals surface area contributed by atoms with Crippen LogP contribution in [0.1, 0.15) is 26.2 Å². The van der Waals surface area contributed by atoms with E-state index in [-0.39, 0.29) is 0 Å². The Hall–Kier alpha value is -1.61. The Labute approximate surface area is 115 Å². The summed E-state index contributed by atoms with van der Waals surface area (Å²) < 4.78 is 25.4. The summed E-state index contributed by atoms with van der Waals surface area (Å²) in [5.41, 5.74) is 1.68. The lowest BCUT2D eigenvalue weighted by Crippen LogP contribution is -2.07. The molecule has 0 N–H and O–H groups in total. The number of allylic oxidation sites excluding steroid dienone is 4. The Bertz CT molecular complexity index is 635. The molecule has 0 bridgehead atoms. The Balaban J connectivity index is 2.53. The van der Waals surface area contributed by atoms with Gasteiger partial charge in [0.1, 0.15) is 0 Å². The van der Waals surface area contributed by atoms with Crippen LogP contribution in [-0.4, -0.2) is 8.42 Å². The van der Waals surface area contributed by atoms with Crippen LogP contribution in [0.5, 0.6) is 0 Å². The van der Waals surface area contributed by atoms with Gasteiger partial charge in [0.05, 0.1) is 9.80 Å². The minimum atomic E-state index is -3.45. The molecule has 1 aromatic carbocycles. The van der Waals surface area contributed by atoms with Crippen molar-refractivity contribution in [2.75, 3.05) is 0 Å². The molecule has 2 rings (SSSR count). The lowest BCUT2D eigenvalue weighted by Gasteiger charge is -2.11. The maximum Gasteiger partial charge on any atom is 0.206 e. The molecule has 1 aliphatic carbocycles. The molecule has 3 heteroatoms. The van der Waals surface area contributed by atoms with E-state index in [0.29, 0.717) is 9.80 Å². The number of rotatable bonds is 4. The molecule has 19 heavy (non-hydrogen) atoms. The molecule has 0 aromatic heterocycles. The van der Waals surface area contributed by atoms with Gasteiger partial charge in [0.25, 0.3) is 0 Å². The first-order valence-corrected chi connectivity index (χ1v) is 7.87. The van der Waals surface area contributed by atoms with E-state index < -0.39 is 9.84 Å². The van der Waals surface area contributed by atoms with Crippen molar-refractivity contribution in [3.63, 3.8) is 0 Å². The van der Waals surface area contributed by atoms with Gasteiger partial charge in [0.15, 0.2) is 0 Å². The molecule has 1 aromatic rings. The van der Waals surface area contributed by atoms with Crippen LogP contribution in [0.25, 0.3) is 0 Å². The lowest BCUT2D eigenvalue weighted by molar-refractivity contribution is 0.602. The largest absolute Gasteiger partial charge is 0.219 e. The molecule has 0 saturated carbocycles. The van der Waals surface area contributed by atoms with Crippen LogP contribution >= 0.6 is 0 Å². The van der Waals surface area contributed by atoms with Gasteiger partial charge in [-0.05, 0) is 50.0 Å². The molecule has 0 atom stereocenters. The molecule has 100 valence electrons. The van der Waals surface area contributed by atoms with Crippen molar-refractivity contribution in [3.8, 4) is 0 Å². The summed E-state index contributed by atoms with van der Waals surface area (Å²) in [5, 5.41) is 0. The van der Waals surface area contributed by atoms with Crippen molar-refractivity contribution < 1.29 is 8.42 Å². The maximum absolute atomic E-state index is 12.7. The van der Waals surface area contributed by atoms with E-state index in [1.54, 1.807) is 30.3 Å². The quantitative estimate of drug-likeness (QED) is 0.777. The Kier molecular flexibility index (Phi) is 4.05. The third kappa shape index (κ3) is 3.04. The molecular weight excluding hydrogens is 256 g/mol. The first-order valence-electron chi connectivity index (χ1n) is 6.38. The summed E-state index contributed by atoms with van der Waals surface area (Å²) in [6.07, 6.45) is 6.50. The molecular formula is C16H18O2S. The second-order valence-corrected chi connectivity index (χ2v) is 6.71. The van der Waals surface area contributed by atoms with Gasteiger partial charge in [0, 0.05) is 0 Å². The summed E-state index contributed by atoms with van der Waals surface area (Å²) in [6.45, 7) is 5.62. The van der Waals surface area contributed by atoms with Gasteiger partial charge in [0.2, 0.25) is 9.84 Å². The van der Waals surface area contributed by atoms with Crippen LogP contribution in [0.3, 0.4) is 0 Å². The molecule has 0 radical (unpaired) electrons. The number of benzene rings is 1. The van der Waals surface area contributed by atoms with Crippen molar-refractivity contribution in [3.05, 3.63) is 65.1 Å². The third-order valence-electron chi connectivity index (χ3n) is 3.08. The average molecular weight is 274 g/mol. The van der Waals surface area contributed by atoms with Crippen LogP contribution in [-0.2, 0) is 9.84 Å². The molecule has 0 unspecified atom stereocenters. The van der Waals surface area contributed by atoms with E-state index in [1.807, 2.05) is 19.1 Å². The maximum atomic E-state index is 12.7. The van der Waals surface area contributed by atoms with Crippen molar-refractivity contribution in [2.24, 2.45) is 0 Å². The standard InChI is InChI=1S/C16H18O2S/c1-13(2)12-16(14-8-6-7-9-14)19(17,18)15-10-4-3-5-11-15/h3-5,8,10-12H,1,6-7,9H2,2H3/b16-12+. The zero-order valence-electron chi connectivity index (χ0n) is 11.1. The van der Waals surface area contributed by atoms with Gasteiger partial charge in [-0.2, -0.15) is 0 Å². The number of sulfone groups is 1. The molecule has 0 aliphatic heterocycles. The van der Waals surface area contributed by atoms with Gasteiger partial charge in [-0.3, -0.25) is 0 Å². The van der Waals surface area contributed by atoms with Crippen LogP contribution in [0.2, 0.25) is 0 Å². The molecule has 0 amide bonds. The van der Waals surface area contributed by atoms with E-state index in [9.17, 15) is 8.42 Å². The van der Waals surface area contributed by atoms with E-state index >= 15 is 0 Å². The predicted molar refractivity (Wildman–Crippen MR) is 78.5 cm³/mol. The SMILES string of the molecule is C=C(C)/C=C(\C1=CCCC1)S(=O)(=O)c1ccccc1. The van der Waals surface area contributed by atoms with Crippen molar-refractivity contribution >= 4 is 9.84 Å². The summed E-state index contributed by atoms with van der Waals surface area (Å²) in [5.74, 6) is 0. The number of hydrogen-bond donors (Lipinski definition) is 0. The Morgan fingerprint density at radius 3 is 2.47 bits per heavy atom. The summed E-state index contributed by atoms with van der Waals surface area (Å²) >= 11 is 0. The topological polar surface area (TPSA) is 34.1 Å². The van der Waals surface area contributed by atoms with Crippen LogP contribution in [0.15, 0.2) is 70.0 Å². The molecule has 1 aliphatic rings. The zero-order valence-corrected chi connectivity index (χ0v) is 11.9. The second-order valence-electron chi connectivity index (χ2n) is 4.79. The highest BCUT2D eigenvalue weighted by atomic mass is 32.2. The first-order chi connectivity index (χ1) is 9.01. The fourth-order valence-corrected chi connectivity index (χ4v) is 3.84.